The standard InChI is InChI=1S/C23H28BrN3O3S/c1-25(2)31(29,30)21-8-9-22-18(14-21)10-12-27(22)23(28)19-6-4-11-26(16-19)15-17-5-3-7-20(24)13-17/h3,5,7-9,13-14,19H,4,6,10-12,15-16H2,1-2H3. The first-order chi connectivity index (χ1) is 14.8. The van der Waals surface area contributed by atoms with Crippen molar-refractivity contribution in [2.24, 2.45) is 5.92 Å². The van der Waals surface area contributed by atoms with Crippen molar-refractivity contribution in [2.45, 2.75) is 30.7 Å². The maximum absolute atomic E-state index is 13.4. The van der Waals surface area contributed by atoms with Gasteiger partial charge in [0, 0.05) is 43.9 Å². The van der Waals surface area contributed by atoms with Crippen LogP contribution in [0.25, 0.3) is 0 Å². The van der Waals surface area contributed by atoms with Crippen LogP contribution in [0.1, 0.15) is 24.0 Å². The number of benzene rings is 2. The Morgan fingerprint density at radius 2 is 1.97 bits per heavy atom. The Kier molecular flexibility index (Phi) is 6.53. The van der Waals surface area contributed by atoms with Crippen LogP contribution in [-0.2, 0) is 27.8 Å². The van der Waals surface area contributed by atoms with E-state index in [-0.39, 0.29) is 16.7 Å². The van der Waals surface area contributed by atoms with Gasteiger partial charge in [0.05, 0.1) is 10.8 Å². The molecule has 4 rings (SSSR count). The lowest BCUT2D eigenvalue weighted by Crippen LogP contribution is -2.44. The number of nitrogens with zero attached hydrogens (tertiary/aromatic N) is 3. The number of piperidine rings is 1. The fraction of sp³-hybridized carbons (Fsp3) is 0.435. The summed E-state index contributed by atoms with van der Waals surface area (Å²) in [4.78, 5) is 17.9. The van der Waals surface area contributed by atoms with Crippen LogP contribution in [0.3, 0.4) is 0 Å². The van der Waals surface area contributed by atoms with Gasteiger partial charge in [0.1, 0.15) is 0 Å². The van der Waals surface area contributed by atoms with Crippen LogP contribution in [0.4, 0.5) is 5.69 Å². The van der Waals surface area contributed by atoms with Crippen LogP contribution in [0.5, 0.6) is 0 Å². The van der Waals surface area contributed by atoms with Gasteiger partial charge < -0.3 is 4.90 Å². The molecule has 2 aliphatic rings. The van der Waals surface area contributed by atoms with Gasteiger partial charge in [-0.1, -0.05) is 28.1 Å². The van der Waals surface area contributed by atoms with E-state index in [0.29, 0.717) is 13.0 Å². The number of likely N-dealkylation sites (tertiary alicyclic amines) is 1. The fourth-order valence-electron chi connectivity index (χ4n) is 4.49. The molecule has 8 heteroatoms. The summed E-state index contributed by atoms with van der Waals surface area (Å²) >= 11 is 3.53. The van der Waals surface area contributed by atoms with Gasteiger partial charge in [0.2, 0.25) is 15.9 Å². The van der Waals surface area contributed by atoms with Crippen molar-refractivity contribution in [1.29, 1.82) is 0 Å². The second-order valence-corrected chi connectivity index (χ2v) is 11.6. The summed E-state index contributed by atoms with van der Waals surface area (Å²) in [6.45, 7) is 3.20. The summed E-state index contributed by atoms with van der Waals surface area (Å²) in [5.41, 5.74) is 3.02. The highest BCUT2D eigenvalue weighted by Crippen LogP contribution is 2.33. The number of sulfonamides is 1. The average Bonchev–Trinajstić information content (AvgIpc) is 3.16. The van der Waals surface area contributed by atoms with Crippen LogP contribution >= 0.6 is 15.9 Å². The highest BCUT2D eigenvalue weighted by atomic mass is 79.9. The normalized spacial score (nSPS) is 19.6. The van der Waals surface area contributed by atoms with Crippen molar-refractivity contribution >= 4 is 37.5 Å². The summed E-state index contributed by atoms with van der Waals surface area (Å²) in [6.07, 6.45) is 2.59. The summed E-state index contributed by atoms with van der Waals surface area (Å²) in [5, 5.41) is 0. The first-order valence-electron chi connectivity index (χ1n) is 10.6. The molecular weight excluding hydrogens is 478 g/mol. The van der Waals surface area contributed by atoms with E-state index in [2.05, 4.69) is 33.0 Å². The molecule has 1 fully saturated rings. The van der Waals surface area contributed by atoms with Crippen LogP contribution in [-0.4, -0.2) is 57.3 Å². The van der Waals surface area contributed by atoms with Gasteiger partial charge in [-0.05, 0) is 67.3 Å². The molecule has 0 spiro atoms. The molecule has 1 unspecified atom stereocenters. The fourth-order valence-corrected chi connectivity index (χ4v) is 5.89. The molecule has 1 amide bonds. The van der Waals surface area contributed by atoms with Gasteiger partial charge in [0.25, 0.3) is 0 Å². The number of carbonyl (C=O) groups is 1. The number of halogens is 1. The maximum atomic E-state index is 13.4. The highest BCUT2D eigenvalue weighted by molar-refractivity contribution is 9.10. The third-order valence-electron chi connectivity index (χ3n) is 6.14. The summed E-state index contributed by atoms with van der Waals surface area (Å²) in [6, 6.07) is 13.4. The van der Waals surface area contributed by atoms with E-state index in [4.69, 9.17) is 0 Å². The van der Waals surface area contributed by atoms with Gasteiger partial charge in [-0.2, -0.15) is 0 Å². The molecule has 6 nitrogen and oxygen atoms in total. The van der Waals surface area contributed by atoms with Gasteiger partial charge in [-0.15, -0.1) is 0 Å². The number of fused-ring (bicyclic) bond motifs is 1. The third-order valence-corrected chi connectivity index (χ3v) is 8.45. The number of hydrogen-bond donors (Lipinski definition) is 0. The summed E-state index contributed by atoms with van der Waals surface area (Å²) in [7, 11) is -0.419. The van der Waals surface area contributed by atoms with Gasteiger partial charge in [0.15, 0.2) is 0 Å². The Morgan fingerprint density at radius 3 is 2.71 bits per heavy atom. The molecular formula is C23H28BrN3O3S. The summed E-state index contributed by atoms with van der Waals surface area (Å²) in [5.74, 6) is 0.123. The summed E-state index contributed by atoms with van der Waals surface area (Å²) < 4.78 is 27.2. The third kappa shape index (κ3) is 4.72. The Morgan fingerprint density at radius 1 is 1.16 bits per heavy atom. The molecule has 2 aromatic rings. The van der Waals surface area contributed by atoms with Crippen molar-refractivity contribution < 1.29 is 13.2 Å². The zero-order valence-corrected chi connectivity index (χ0v) is 20.3. The lowest BCUT2D eigenvalue weighted by atomic mass is 9.96. The number of anilines is 1. The van der Waals surface area contributed by atoms with E-state index in [9.17, 15) is 13.2 Å². The minimum atomic E-state index is -3.48. The quantitative estimate of drug-likeness (QED) is 0.623. The molecule has 0 bridgehead atoms. The Labute approximate surface area is 193 Å². The second-order valence-electron chi connectivity index (χ2n) is 8.52. The maximum Gasteiger partial charge on any atom is 0.242 e. The van der Waals surface area contributed by atoms with Crippen LogP contribution in [0.2, 0.25) is 0 Å². The van der Waals surface area contributed by atoms with E-state index < -0.39 is 10.0 Å². The molecule has 2 aliphatic heterocycles. The number of rotatable bonds is 5. The van der Waals surface area contributed by atoms with Crippen molar-refractivity contribution in [3.63, 3.8) is 0 Å². The lowest BCUT2D eigenvalue weighted by Gasteiger charge is -2.34. The Balaban J connectivity index is 1.47. The molecule has 0 radical (unpaired) electrons. The average molecular weight is 506 g/mol. The predicted octanol–water partition coefficient (Wildman–Crippen LogP) is 3.50. The molecule has 1 saturated heterocycles. The molecule has 0 saturated carbocycles. The van der Waals surface area contributed by atoms with Gasteiger partial charge in [-0.3, -0.25) is 9.69 Å². The zero-order valence-electron chi connectivity index (χ0n) is 17.9. The monoisotopic (exact) mass is 505 g/mol. The van der Waals surface area contributed by atoms with Crippen molar-refractivity contribution in [1.82, 2.24) is 9.21 Å². The van der Waals surface area contributed by atoms with E-state index in [0.717, 1.165) is 48.2 Å². The van der Waals surface area contributed by atoms with E-state index >= 15 is 0 Å². The predicted molar refractivity (Wildman–Crippen MR) is 126 cm³/mol. The minimum Gasteiger partial charge on any atom is -0.312 e. The Bertz CT molecular complexity index is 1090. The van der Waals surface area contributed by atoms with E-state index in [1.807, 2.05) is 17.0 Å². The second kappa shape index (κ2) is 9.02. The molecule has 2 aromatic carbocycles. The van der Waals surface area contributed by atoms with Crippen molar-refractivity contribution in [3.05, 3.63) is 58.1 Å². The lowest BCUT2D eigenvalue weighted by molar-refractivity contribution is -0.124. The largest absolute Gasteiger partial charge is 0.312 e. The Hall–Kier alpha value is -1.74. The molecule has 2 heterocycles. The number of carbonyl (C=O) groups excluding carboxylic acids is 1. The van der Waals surface area contributed by atoms with Crippen molar-refractivity contribution in [3.8, 4) is 0 Å². The van der Waals surface area contributed by atoms with Crippen LogP contribution in [0, 0.1) is 5.92 Å². The molecule has 0 N–H and O–H groups in total. The van der Waals surface area contributed by atoms with Crippen LogP contribution < -0.4 is 4.90 Å². The van der Waals surface area contributed by atoms with E-state index in [1.165, 1.54) is 24.0 Å². The van der Waals surface area contributed by atoms with E-state index in [1.54, 1.807) is 18.2 Å². The molecule has 0 aromatic heterocycles. The first kappa shape index (κ1) is 22.5. The zero-order chi connectivity index (χ0) is 22.2. The first-order valence-corrected chi connectivity index (χ1v) is 12.8. The molecule has 0 aliphatic carbocycles. The SMILES string of the molecule is CN(C)S(=O)(=O)c1ccc2c(c1)CCN2C(=O)C1CCCN(Cc2cccc(Br)c2)C1. The van der Waals surface area contributed by atoms with Crippen molar-refractivity contribution in [2.75, 3.05) is 38.6 Å². The topological polar surface area (TPSA) is 60.9 Å². The van der Waals surface area contributed by atoms with Gasteiger partial charge >= 0.3 is 0 Å². The highest BCUT2D eigenvalue weighted by Gasteiger charge is 2.33. The molecule has 1 atom stereocenters. The molecule has 166 valence electrons. The number of hydrogen-bond acceptors (Lipinski definition) is 4. The minimum absolute atomic E-state index is 0.0305. The number of amides is 1. The smallest absolute Gasteiger partial charge is 0.242 e. The van der Waals surface area contributed by atoms with Crippen LogP contribution in [0.15, 0.2) is 51.8 Å². The molecule has 31 heavy (non-hydrogen) atoms. The van der Waals surface area contributed by atoms with Gasteiger partial charge in [-0.25, -0.2) is 12.7 Å².